The summed E-state index contributed by atoms with van der Waals surface area (Å²) >= 11 is 3.89. The van der Waals surface area contributed by atoms with Gasteiger partial charge in [-0.1, -0.05) is 18.2 Å². The fourth-order valence-corrected chi connectivity index (χ4v) is 3.13. The van der Waals surface area contributed by atoms with Gasteiger partial charge in [0.2, 0.25) is 0 Å². The molecular formula is C14H11ClF6N2O2S. The minimum atomic E-state index is -5.74. The average Bonchev–Trinajstić information content (AvgIpc) is 2.69. The highest BCUT2D eigenvalue weighted by molar-refractivity contribution is 8.00. The first-order chi connectivity index (χ1) is 11.8. The summed E-state index contributed by atoms with van der Waals surface area (Å²) in [6.45, 7) is 1.28. The van der Waals surface area contributed by atoms with Crippen LogP contribution in [-0.2, 0) is 11.8 Å². The molecule has 0 unspecified atom stereocenters. The van der Waals surface area contributed by atoms with E-state index in [4.69, 9.17) is 0 Å². The Morgan fingerprint density at radius 1 is 1.08 bits per heavy atom. The standard InChI is InChI=1S/C14H11ClF6N2O2S/c1-8-10(26-13(17,18)12(15,16)25-14(19,20)21)11(24)23(22(8)2)9-6-4-3-5-7-9/h3-7H,1-2H3/t12-/m0/s1. The van der Waals surface area contributed by atoms with Crippen molar-refractivity contribution in [3.63, 3.8) is 0 Å². The van der Waals surface area contributed by atoms with Crippen molar-refractivity contribution < 1.29 is 31.1 Å². The van der Waals surface area contributed by atoms with E-state index >= 15 is 0 Å². The van der Waals surface area contributed by atoms with Crippen LogP contribution < -0.4 is 5.56 Å². The summed E-state index contributed by atoms with van der Waals surface area (Å²) in [5.74, 6) is 0. The monoisotopic (exact) mass is 420 g/mol. The van der Waals surface area contributed by atoms with Gasteiger partial charge in [0.1, 0.15) is 4.90 Å². The highest BCUT2D eigenvalue weighted by Crippen LogP contribution is 2.50. The van der Waals surface area contributed by atoms with E-state index in [1.54, 1.807) is 18.2 Å². The molecule has 0 saturated carbocycles. The third-order valence-corrected chi connectivity index (χ3v) is 4.93. The average molecular weight is 421 g/mol. The fourth-order valence-electron chi connectivity index (χ4n) is 2.05. The molecule has 1 heterocycles. The van der Waals surface area contributed by atoms with E-state index in [1.165, 1.54) is 30.8 Å². The Bertz CT molecular complexity index is 848. The van der Waals surface area contributed by atoms with Crippen LogP contribution in [0.5, 0.6) is 0 Å². The third-order valence-electron chi connectivity index (χ3n) is 3.31. The molecular weight excluding hydrogens is 410 g/mol. The van der Waals surface area contributed by atoms with Gasteiger partial charge in [0.15, 0.2) is 0 Å². The van der Waals surface area contributed by atoms with Crippen LogP contribution >= 0.6 is 23.4 Å². The summed E-state index contributed by atoms with van der Waals surface area (Å²) in [6.07, 6.45) is -5.74. The maximum absolute atomic E-state index is 14.0. The second kappa shape index (κ2) is 6.86. The molecule has 2 aromatic rings. The normalized spacial score (nSPS) is 15.1. The van der Waals surface area contributed by atoms with Crippen LogP contribution in [0.4, 0.5) is 26.3 Å². The number of hydrogen-bond donors (Lipinski definition) is 0. The molecule has 0 amide bonds. The zero-order chi connectivity index (χ0) is 19.9. The van der Waals surface area contributed by atoms with Gasteiger partial charge in [0.05, 0.1) is 11.4 Å². The summed E-state index contributed by atoms with van der Waals surface area (Å²) in [6, 6.07) is 7.87. The van der Waals surface area contributed by atoms with Gasteiger partial charge >= 0.3 is 16.9 Å². The Kier molecular flexibility index (Phi) is 5.46. The number of alkyl halides is 7. The van der Waals surface area contributed by atoms with Crippen LogP contribution in [0.3, 0.4) is 0 Å². The molecule has 0 aliphatic rings. The number of hydrogen-bond acceptors (Lipinski definition) is 3. The van der Waals surface area contributed by atoms with E-state index < -0.39 is 39.1 Å². The van der Waals surface area contributed by atoms with Crippen molar-refractivity contribution in [2.75, 3.05) is 0 Å². The van der Waals surface area contributed by atoms with E-state index in [0.29, 0.717) is 5.69 Å². The molecule has 0 radical (unpaired) electrons. The lowest BCUT2D eigenvalue weighted by Gasteiger charge is -2.27. The first-order valence-corrected chi connectivity index (χ1v) is 8.02. The zero-order valence-corrected chi connectivity index (χ0v) is 14.7. The topological polar surface area (TPSA) is 36.2 Å². The lowest BCUT2D eigenvalue weighted by molar-refractivity contribution is -0.391. The predicted molar refractivity (Wildman–Crippen MR) is 83.4 cm³/mol. The quantitative estimate of drug-likeness (QED) is 0.404. The summed E-state index contributed by atoms with van der Waals surface area (Å²) in [4.78, 5) is 11.8. The van der Waals surface area contributed by atoms with Crippen molar-refractivity contribution in [2.45, 2.75) is 28.8 Å². The molecule has 2 rings (SSSR count). The molecule has 0 fully saturated rings. The lowest BCUT2D eigenvalue weighted by atomic mass is 10.3. The SMILES string of the molecule is Cc1c(SC(F)(F)[C@@](F)(Cl)OC(F)(F)F)c(=O)n(-c2ccccc2)n1C. The maximum Gasteiger partial charge on any atom is 0.526 e. The van der Waals surface area contributed by atoms with E-state index in [0.717, 1.165) is 4.68 Å². The molecule has 12 heteroatoms. The molecule has 0 saturated heterocycles. The summed E-state index contributed by atoms with van der Waals surface area (Å²) in [5, 5.41) is -9.81. The Morgan fingerprint density at radius 3 is 2.12 bits per heavy atom. The second-order valence-electron chi connectivity index (χ2n) is 5.07. The molecule has 0 aliphatic heterocycles. The van der Waals surface area contributed by atoms with Crippen molar-refractivity contribution >= 4 is 23.4 Å². The van der Waals surface area contributed by atoms with E-state index in [-0.39, 0.29) is 5.69 Å². The predicted octanol–water partition coefficient (Wildman–Crippen LogP) is 4.57. The molecule has 0 N–H and O–H groups in total. The van der Waals surface area contributed by atoms with Gasteiger partial charge < -0.3 is 0 Å². The van der Waals surface area contributed by atoms with Gasteiger partial charge in [-0.2, -0.15) is 13.2 Å². The molecule has 1 aromatic carbocycles. The zero-order valence-electron chi connectivity index (χ0n) is 13.2. The van der Waals surface area contributed by atoms with Crippen LogP contribution in [-0.4, -0.2) is 26.3 Å². The molecule has 1 aromatic heterocycles. The summed E-state index contributed by atoms with van der Waals surface area (Å²) < 4.78 is 82.9. The van der Waals surface area contributed by atoms with Gasteiger partial charge in [-0.05, 0) is 42.4 Å². The molecule has 144 valence electrons. The first-order valence-electron chi connectivity index (χ1n) is 6.82. The Morgan fingerprint density at radius 2 is 1.62 bits per heavy atom. The molecule has 0 bridgehead atoms. The number of para-hydroxylation sites is 1. The van der Waals surface area contributed by atoms with E-state index in [9.17, 15) is 31.1 Å². The number of benzene rings is 1. The Labute approximate surface area is 152 Å². The molecule has 26 heavy (non-hydrogen) atoms. The number of nitrogens with zero attached hydrogens (tertiary/aromatic N) is 2. The smallest absolute Gasteiger partial charge is 0.284 e. The molecule has 0 aliphatic carbocycles. The van der Waals surface area contributed by atoms with Crippen molar-refractivity contribution in [1.29, 1.82) is 0 Å². The van der Waals surface area contributed by atoms with Gasteiger partial charge in [-0.3, -0.25) is 9.48 Å². The van der Waals surface area contributed by atoms with Gasteiger partial charge in [0, 0.05) is 7.05 Å². The van der Waals surface area contributed by atoms with Crippen LogP contribution in [0.15, 0.2) is 40.0 Å². The van der Waals surface area contributed by atoms with Crippen LogP contribution in [0.2, 0.25) is 0 Å². The molecule has 4 nitrogen and oxygen atoms in total. The summed E-state index contributed by atoms with van der Waals surface area (Å²) in [5.41, 5.74) is -0.675. The van der Waals surface area contributed by atoms with Crippen molar-refractivity contribution in [2.24, 2.45) is 7.05 Å². The van der Waals surface area contributed by atoms with Gasteiger partial charge in [0.25, 0.3) is 5.56 Å². The van der Waals surface area contributed by atoms with Crippen LogP contribution in [0.1, 0.15) is 5.69 Å². The van der Waals surface area contributed by atoms with E-state index in [2.05, 4.69) is 16.3 Å². The third kappa shape index (κ3) is 4.04. The van der Waals surface area contributed by atoms with Crippen LogP contribution in [0, 0.1) is 6.92 Å². The number of rotatable bonds is 5. The van der Waals surface area contributed by atoms with Crippen LogP contribution in [0.25, 0.3) is 5.69 Å². The summed E-state index contributed by atoms with van der Waals surface area (Å²) in [7, 11) is 1.38. The largest absolute Gasteiger partial charge is 0.526 e. The molecule has 0 spiro atoms. The van der Waals surface area contributed by atoms with Gasteiger partial charge in [-0.15, -0.1) is 13.2 Å². The second-order valence-corrected chi connectivity index (χ2v) is 6.69. The molecule has 1 atom stereocenters. The Balaban J connectivity index is 2.46. The number of halogens is 7. The number of thioether (sulfide) groups is 1. The number of ether oxygens (including phenoxy) is 1. The minimum Gasteiger partial charge on any atom is -0.284 e. The first kappa shape index (κ1) is 20.7. The van der Waals surface area contributed by atoms with Gasteiger partial charge in [-0.25, -0.2) is 9.42 Å². The highest BCUT2D eigenvalue weighted by atomic mass is 35.5. The minimum absolute atomic E-state index is 0.0250. The lowest BCUT2D eigenvalue weighted by Crippen LogP contribution is -2.43. The maximum atomic E-state index is 14.0. The number of aromatic nitrogens is 2. The fraction of sp³-hybridized carbons (Fsp3) is 0.357. The van der Waals surface area contributed by atoms with Crippen molar-refractivity contribution in [1.82, 2.24) is 9.36 Å². The van der Waals surface area contributed by atoms with Crippen molar-refractivity contribution in [3.8, 4) is 5.69 Å². The van der Waals surface area contributed by atoms with Crippen molar-refractivity contribution in [3.05, 3.63) is 46.4 Å². The highest BCUT2D eigenvalue weighted by Gasteiger charge is 2.62. The Hall–Kier alpha value is -1.59. The van der Waals surface area contributed by atoms with E-state index in [1.807, 2.05) is 0 Å².